The van der Waals surface area contributed by atoms with Gasteiger partial charge in [0.15, 0.2) is 0 Å². The number of aliphatic hydroxyl groups is 1. The van der Waals surface area contributed by atoms with Crippen LogP contribution in [0.25, 0.3) is 0 Å². The van der Waals surface area contributed by atoms with Gasteiger partial charge in [-0.15, -0.1) is 11.3 Å². The van der Waals surface area contributed by atoms with Gasteiger partial charge in [0.05, 0.1) is 7.11 Å². The summed E-state index contributed by atoms with van der Waals surface area (Å²) in [7, 11) is 1.63. The fraction of sp³-hybridized carbons (Fsp3) is 0.231. The molecule has 0 saturated heterocycles. The molecule has 1 atom stereocenters. The van der Waals surface area contributed by atoms with Crippen molar-refractivity contribution in [2.24, 2.45) is 0 Å². The molecule has 0 bridgehead atoms. The van der Waals surface area contributed by atoms with E-state index in [0.717, 1.165) is 21.8 Å². The van der Waals surface area contributed by atoms with Gasteiger partial charge >= 0.3 is 0 Å². The van der Waals surface area contributed by atoms with E-state index >= 15 is 0 Å². The number of hydrogen-bond donors (Lipinski definition) is 1. The number of hydrogen-bond acceptors (Lipinski definition) is 3. The first-order valence-electron chi connectivity index (χ1n) is 5.08. The lowest BCUT2D eigenvalue weighted by molar-refractivity contribution is 0.224. The zero-order chi connectivity index (χ0) is 11.5. The Bertz CT molecular complexity index is 476. The molecule has 0 spiro atoms. The molecule has 0 aliphatic heterocycles. The second-order valence-corrected chi connectivity index (χ2v) is 4.65. The lowest BCUT2D eigenvalue weighted by atomic mass is 10.1. The van der Waals surface area contributed by atoms with E-state index in [1.165, 1.54) is 11.3 Å². The highest BCUT2D eigenvalue weighted by molar-refractivity contribution is 7.10. The van der Waals surface area contributed by atoms with Crippen molar-refractivity contribution in [3.05, 3.63) is 51.7 Å². The van der Waals surface area contributed by atoms with E-state index in [1.54, 1.807) is 7.11 Å². The van der Waals surface area contributed by atoms with Crippen molar-refractivity contribution in [3.8, 4) is 5.75 Å². The van der Waals surface area contributed by atoms with E-state index in [4.69, 9.17) is 4.74 Å². The molecule has 3 heteroatoms. The van der Waals surface area contributed by atoms with Crippen LogP contribution >= 0.6 is 11.3 Å². The topological polar surface area (TPSA) is 29.5 Å². The smallest absolute Gasteiger partial charge is 0.129 e. The summed E-state index contributed by atoms with van der Waals surface area (Å²) in [5.41, 5.74) is 2.07. The number of aliphatic hydroxyl groups excluding tert-OH is 1. The molecule has 0 aliphatic carbocycles. The first-order chi connectivity index (χ1) is 7.70. The summed E-state index contributed by atoms with van der Waals surface area (Å²) in [6, 6.07) is 9.78. The molecule has 16 heavy (non-hydrogen) atoms. The fourth-order valence-corrected chi connectivity index (χ4v) is 2.45. The monoisotopic (exact) mass is 234 g/mol. The van der Waals surface area contributed by atoms with Gasteiger partial charge in [0.1, 0.15) is 11.9 Å². The van der Waals surface area contributed by atoms with Crippen molar-refractivity contribution in [3.63, 3.8) is 0 Å². The van der Waals surface area contributed by atoms with Gasteiger partial charge in [-0.3, -0.25) is 0 Å². The number of benzene rings is 1. The Kier molecular flexibility index (Phi) is 3.27. The summed E-state index contributed by atoms with van der Waals surface area (Å²) >= 11 is 1.51. The van der Waals surface area contributed by atoms with Crippen LogP contribution in [0, 0.1) is 6.92 Å². The van der Waals surface area contributed by atoms with Crippen LogP contribution in [0.15, 0.2) is 35.7 Å². The number of thiophene rings is 1. The van der Waals surface area contributed by atoms with Crippen LogP contribution in [0.4, 0.5) is 0 Å². The highest BCUT2D eigenvalue weighted by Crippen LogP contribution is 2.30. The summed E-state index contributed by atoms with van der Waals surface area (Å²) in [6.07, 6.45) is -0.561. The van der Waals surface area contributed by atoms with Crippen LogP contribution in [0.3, 0.4) is 0 Å². The van der Waals surface area contributed by atoms with Gasteiger partial charge in [0.2, 0.25) is 0 Å². The summed E-state index contributed by atoms with van der Waals surface area (Å²) < 4.78 is 5.10. The standard InChI is InChI=1S/C13H14O2S/c1-9-4-3-5-10(6-9)13(14)12-7-11(15-2)8-16-12/h3-8,13-14H,1-2H3. The molecule has 0 saturated carbocycles. The van der Waals surface area contributed by atoms with Crippen LogP contribution < -0.4 is 4.74 Å². The molecule has 1 N–H and O–H groups in total. The number of methoxy groups -OCH3 is 1. The third-order valence-electron chi connectivity index (χ3n) is 2.46. The van der Waals surface area contributed by atoms with Crippen LogP contribution in [0.1, 0.15) is 22.1 Å². The highest BCUT2D eigenvalue weighted by Gasteiger charge is 2.13. The molecule has 0 fully saturated rings. The Morgan fingerprint density at radius 2 is 2.12 bits per heavy atom. The predicted octanol–water partition coefficient (Wildman–Crippen LogP) is 3.15. The lowest BCUT2D eigenvalue weighted by Crippen LogP contribution is -1.97. The molecule has 0 amide bonds. The van der Waals surface area contributed by atoms with E-state index in [1.807, 2.05) is 42.6 Å². The zero-order valence-electron chi connectivity index (χ0n) is 9.31. The van der Waals surface area contributed by atoms with E-state index < -0.39 is 6.10 Å². The van der Waals surface area contributed by atoms with Crippen molar-refractivity contribution in [1.82, 2.24) is 0 Å². The molecule has 1 unspecified atom stereocenters. The normalized spacial score (nSPS) is 12.4. The Labute approximate surface area is 99.1 Å². The Balaban J connectivity index is 2.27. The van der Waals surface area contributed by atoms with Gasteiger partial charge in [-0.1, -0.05) is 29.8 Å². The molecule has 1 aromatic heterocycles. The minimum Gasteiger partial charge on any atom is -0.496 e. The SMILES string of the molecule is COc1csc(C(O)c2cccc(C)c2)c1. The Morgan fingerprint density at radius 1 is 1.31 bits per heavy atom. The van der Waals surface area contributed by atoms with Crippen molar-refractivity contribution in [2.45, 2.75) is 13.0 Å². The molecule has 1 aromatic carbocycles. The van der Waals surface area contributed by atoms with Gasteiger partial charge in [0, 0.05) is 10.3 Å². The first kappa shape index (κ1) is 11.2. The third kappa shape index (κ3) is 2.26. The molecule has 2 nitrogen and oxygen atoms in total. The molecular weight excluding hydrogens is 220 g/mol. The average Bonchev–Trinajstić information content (AvgIpc) is 2.76. The zero-order valence-corrected chi connectivity index (χ0v) is 10.1. The van der Waals surface area contributed by atoms with E-state index in [-0.39, 0.29) is 0 Å². The largest absolute Gasteiger partial charge is 0.496 e. The minimum absolute atomic E-state index is 0.561. The molecule has 0 aliphatic rings. The summed E-state index contributed by atoms with van der Waals surface area (Å²) in [6.45, 7) is 2.02. The summed E-state index contributed by atoms with van der Waals surface area (Å²) in [4.78, 5) is 0.905. The van der Waals surface area contributed by atoms with Crippen LogP contribution in [0.2, 0.25) is 0 Å². The Hall–Kier alpha value is -1.32. The first-order valence-corrected chi connectivity index (χ1v) is 5.95. The summed E-state index contributed by atoms with van der Waals surface area (Å²) in [5.74, 6) is 0.798. The molecule has 84 valence electrons. The van der Waals surface area contributed by atoms with Gasteiger partial charge in [-0.05, 0) is 18.6 Å². The van der Waals surface area contributed by atoms with Crippen molar-refractivity contribution < 1.29 is 9.84 Å². The maximum Gasteiger partial charge on any atom is 0.129 e. The second kappa shape index (κ2) is 4.68. The molecule has 2 rings (SSSR count). The quantitative estimate of drug-likeness (QED) is 0.884. The fourth-order valence-electron chi connectivity index (χ4n) is 1.59. The van der Waals surface area contributed by atoms with E-state index in [0.29, 0.717) is 0 Å². The van der Waals surface area contributed by atoms with Gasteiger partial charge in [-0.25, -0.2) is 0 Å². The van der Waals surface area contributed by atoms with Gasteiger partial charge in [-0.2, -0.15) is 0 Å². The number of aryl methyl sites for hydroxylation is 1. The maximum atomic E-state index is 10.2. The number of ether oxygens (including phenoxy) is 1. The van der Waals surface area contributed by atoms with Crippen LogP contribution in [-0.2, 0) is 0 Å². The molecule has 0 radical (unpaired) electrons. The van der Waals surface area contributed by atoms with Crippen LogP contribution in [0.5, 0.6) is 5.75 Å². The van der Waals surface area contributed by atoms with Gasteiger partial charge < -0.3 is 9.84 Å². The maximum absolute atomic E-state index is 10.2. The molecular formula is C13H14O2S. The average molecular weight is 234 g/mol. The number of rotatable bonds is 3. The molecule has 1 heterocycles. The second-order valence-electron chi connectivity index (χ2n) is 3.71. The van der Waals surface area contributed by atoms with Crippen molar-refractivity contribution in [2.75, 3.05) is 7.11 Å². The summed E-state index contributed by atoms with van der Waals surface area (Å²) in [5, 5.41) is 12.1. The van der Waals surface area contributed by atoms with Crippen molar-refractivity contribution >= 4 is 11.3 Å². The van der Waals surface area contributed by atoms with E-state index in [2.05, 4.69) is 0 Å². The third-order valence-corrected chi connectivity index (χ3v) is 3.42. The lowest BCUT2D eigenvalue weighted by Gasteiger charge is -2.09. The van der Waals surface area contributed by atoms with Crippen molar-refractivity contribution in [1.29, 1.82) is 0 Å². The van der Waals surface area contributed by atoms with Crippen LogP contribution in [-0.4, -0.2) is 12.2 Å². The van der Waals surface area contributed by atoms with Gasteiger partial charge in [0.25, 0.3) is 0 Å². The molecule has 2 aromatic rings. The highest BCUT2D eigenvalue weighted by atomic mass is 32.1. The Morgan fingerprint density at radius 3 is 2.75 bits per heavy atom. The van der Waals surface area contributed by atoms with E-state index in [9.17, 15) is 5.11 Å². The predicted molar refractivity (Wildman–Crippen MR) is 66.1 cm³/mol. The minimum atomic E-state index is -0.561.